The molecule has 0 amide bonds. The maximum absolute atomic E-state index is 14.3. The summed E-state index contributed by atoms with van der Waals surface area (Å²) in [5.74, 6) is 0.941. The monoisotopic (exact) mass is 195 g/mol. The van der Waals surface area contributed by atoms with Crippen molar-refractivity contribution in [3.05, 3.63) is 0 Å². The predicted octanol–water partition coefficient (Wildman–Crippen LogP) is 2.38. The lowest BCUT2D eigenvalue weighted by atomic mass is 9.52. The lowest BCUT2D eigenvalue weighted by Gasteiger charge is -2.56. The van der Waals surface area contributed by atoms with Crippen molar-refractivity contribution in [2.45, 2.75) is 49.7 Å². The van der Waals surface area contributed by atoms with E-state index in [9.17, 15) is 9.18 Å². The number of rotatable bonds is 1. The highest BCUT2D eigenvalue weighted by atomic mass is 19.1. The quantitative estimate of drug-likeness (QED) is 0.466. The highest BCUT2D eigenvalue weighted by Crippen LogP contribution is 2.60. The Balaban J connectivity index is 2.00. The Morgan fingerprint density at radius 1 is 1.21 bits per heavy atom. The lowest BCUT2D eigenvalue weighted by Crippen LogP contribution is -2.56. The van der Waals surface area contributed by atoms with Gasteiger partial charge in [0.1, 0.15) is 5.67 Å². The number of hydrogen-bond acceptors (Lipinski definition) is 2. The molecule has 14 heavy (non-hydrogen) atoms. The summed E-state index contributed by atoms with van der Waals surface area (Å²) in [5.41, 5.74) is -1.37. The summed E-state index contributed by atoms with van der Waals surface area (Å²) in [4.78, 5) is 14.3. The van der Waals surface area contributed by atoms with Crippen molar-refractivity contribution < 1.29 is 9.18 Å². The molecule has 76 valence electrons. The molecule has 4 aliphatic rings. The van der Waals surface area contributed by atoms with Gasteiger partial charge in [-0.25, -0.2) is 9.18 Å². The van der Waals surface area contributed by atoms with Crippen LogP contribution in [0.5, 0.6) is 0 Å². The third-order valence-corrected chi connectivity index (χ3v) is 4.24. The first-order valence-corrected chi connectivity index (χ1v) is 5.41. The minimum absolute atomic E-state index is 0.361. The third kappa shape index (κ3) is 1.08. The van der Waals surface area contributed by atoms with Crippen molar-refractivity contribution in [1.82, 2.24) is 0 Å². The highest BCUT2D eigenvalue weighted by Gasteiger charge is 2.58. The Kier molecular flexibility index (Phi) is 1.51. The fraction of sp³-hybridized carbons (Fsp3) is 0.909. The van der Waals surface area contributed by atoms with Crippen LogP contribution in [0.15, 0.2) is 4.99 Å². The molecule has 4 aliphatic carbocycles. The van der Waals surface area contributed by atoms with Gasteiger partial charge >= 0.3 is 0 Å². The Labute approximate surface area is 82.6 Å². The van der Waals surface area contributed by atoms with E-state index in [0.29, 0.717) is 31.1 Å². The SMILES string of the molecule is O=C=NC12CC3CC(CC(F)(C3)C1)C2. The van der Waals surface area contributed by atoms with Crippen LogP contribution < -0.4 is 0 Å². The fourth-order valence-electron chi connectivity index (χ4n) is 4.33. The van der Waals surface area contributed by atoms with Gasteiger partial charge in [0.05, 0.1) is 5.54 Å². The molecule has 0 radical (unpaired) electrons. The molecule has 0 aliphatic heterocycles. The van der Waals surface area contributed by atoms with Crippen LogP contribution in [0.25, 0.3) is 0 Å². The van der Waals surface area contributed by atoms with E-state index in [1.165, 1.54) is 0 Å². The second kappa shape index (κ2) is 2.46. The minimum atomic E-state index is -1.01. The van der Waals surface area contributed by atoms with E-state index in [-0.39, 0.29) is 5.54 Å². The van der Waals surface area contributed by atoms with E-state index >= 15 is 0 Å². The molecule has 0 aromatic heterocycles. The predicted molar refractivity (Wildman–Crippen MR) is 49.4 cm³/mol. The summed E-state index contributed by atoms with van der Waals surface area (Å²) >= 11 is 0. The molecular formula is C11H14FNO. The minimum Gasteiger partial charge on any atom is -0.244 e. The van der Waals surface area contributed by atoms with E-state index in [4.69, 9.17) is 0 Å². The smallest absolute Gasteiger partial charge is 0.235 e. The summed E-state index contributed by atoms with van der Waals surface area (Å²) in [7, 11) is 0. The molecule has 2 unspecified atom stereocenters. The van der Waals surface area contributed by atoms with Crippen LogP contribution in [0.3, 0.4) is 0 Å². The van der Waals surface area contributed by atoms with E-state index in [1.807, 2.05) is 0 Å². The van der Waals surface area contributed by atoms with Crippen molar-refractivity contribution >= 4 is 6.08 Å². The number of halogens is 1. The molecule has 4 rings (SSSR count). The van der Waals surface area contributed by atoms with E-state index in [2.05, 4.69) is 4.99 Å². The molecule has 2 nitrogen and oxygen atoms in total. The maximum Gasteiger partial charge on any atom is 0.235 e. The normalized spacial score (nSPS) is 54.4. The van der Waals surface area contributed by atoms with Crippen LogP contribution >= 0.6 is 0 Å². The molecule has 4 saturated carbocycles. The van der Waals surface area contributed by atoms with Crippen LogP contribution in [0.4, 0.5) is 4.39 Å². The first-order chi connectivity index (χ1) is 6.63. The summed E-state index contributed by atoms with van der Waals surface area (Å²) in [6.07, 6.45) is 6.54. The Bertz CT molecular complexity index is 307. The molecule has 4 fully saturated rings. The van der Waals surface area contributed by atoms with E-state index in [0.717, 1.165) is 19.3 Å². The molecule has 0 aromatic rings. The molecule has 2 atom stereocenters. The Morgan fingerprint density at radius 3 is 2.36 bits per heavy atom. The van der Waals surface area contributed by atoms with Crippen molar-refractivity contribution in [2.24, 2.45) is 16.8 Å². The average molecular weight is 195 g/mol. The van der Waals surface area contributed by atoms with Gasteiger partial charge in [0.2, 0.25) is 6.08 Å². The van der Waals surface area contributed by atoms with Gasteiger partial charge in [-0.3, -0.25) is 0 Å². The van der Waals surface area contributed by atoms with Crippen LogP contribution in [-0.2, 0) is 4.79 Å². The zero-order chi connectivity index (χ0) is 9.81. The van der Waals surface area contributed by atoms with Crippen LogP contribution in [0, 0.1) is 11.8 Å². The standard InChI is InChI=1S/C11H14FNO/c12-10-2-8-1-9(3-10)5-11(4-8,6-10)13-7-14/h8-9H,1-6H2. The third-order valence-electron chi connectivity index (χ3n) is 4.24. The molecule has 0 N–H and O–H groups in total. The average Bonchev–Trinajstić information content (AvgIpc) is 1.97. The topological polar surface area (TPSA) is 29.4 Å². The Morgan fingerprint density at radius 2 is 1.86 bits per heavy atom. The fourth-order valence-corrected chi connectivity index (χ4v) is 4.33. The van der Waals surface area contributed by atoms with Crippen LogP contribution in [0.1, 0.15) is 38.5 Å². The number of hydrogen-bond donors (Lipinski definition) is 0. The molecule has 0 aromatic carbocycles. The first kappa shape index (κ1) is 8.60. The lowest BCUT2D eigenvalue weighted by molar-refractivity contribution is -0.0838. The van der Waals surface area contributed by atoms with Gasteiger partial charge < -0.3 is 0 Å². The number of nitrogens with zero attached hydrogens (tertiary/aromatic N) is 1. The van der Waals surface area contributed by atoms with Gasteiger partial charge in [0.15, 0.2) is 0 Å². The number of carbonyl (C=O) groups excluding carboxylic acids is 1. The summed E-state index contributed by atoms with van der Waals surface area (Å²) in [6, 6.07) is 0. The summed E-state index contributed by atoms with van der Waals surface area (Å²) in [5, 5.41) is 0. The van der Waals surface area contributed by atoms with Crippen LogP contribution in [0.2, 0.25) is 0 Å². The van der Waals surface area contributed by atoms with Crippen LogP contribution in [-0.4, -0.2) is 17.3 Å². The van der Waals surface area contributed by atoms with Crippen molar-refractivity contribution in [1.29, 1.82) is 0 Å². The first-order valence-electron chi connectivity index (χ1n) is 5.41. The highest BCUT2D eigenvalue weighted by molar-refractivity contribution is 5.36. The van der Waals surface area contributed by atoms with Gasteiger partial charge in [-0.05, 0) is 43.9 Å². The van der Waals surface area contributed by atoms with Gasteiger partial charge in [-0.15, -0.1) is 0 Å². The van der Waals surface area contributed by atoms with Crippen molar-refractivity contribution in [3.63, 3.8) is 0 Å². The maximum atomic E-state index is 14.3. The zero-order valence-electron chi connectivity index (χ0n) is 8.13. The molecule has 0 heterocycles. The summed E-state index contributed by atoms with van der Waals surface area (Å²) < 4.78 is 14.3. The van der Waals surface area contributed by atoms with Crippen molar-refractivity contribution in [3.8, 4) is 0 Å². The van der Waals surface area contributed by atoms with E-state index < -0.39 is 5.67 Å². The number of aliphatic imine (C=N–C) groups is 1. The summed E-state index contributed by atoms with van der Waals surface area (Å²) in [6.45, 7) is 0. The van der Waals surface area contributed by atoms with Crippen molar-refractivity contribution in [2.75, 3.05) is 0 Å². The van der Waals surface area contributed by atoms with E-state index in [1.54, 1.807) is 6.08 Å². The second-order valence-corrected chi connectivity index (χ2v) is 5.54. The number of alkyl halides is 1. The molecular weight excluding hydrogens is 181 g/mol. The Hall–Kier alpha value is -0.690. The number of isocyanates is 1. The molecule has 4 bridgehead atoms. The van der Waals surface area contributed by atoms with Gasteiger partial charge in [-0.1, -0.05) is 0 Å². The zero-order valence-corrected chi connectivity index (χ0v) is 8.13. The van der Waals surface area contributed by atoms with Gasteiger partial charge in [-0.2, -0.15) is 4.99 Å². The molecule has 0 saturated heterocycles. The molecule has 0 spiro atoms. The van der Waals surface area contributed by atoms with Gasteiger partial charge in [0, 0.05) is 6.42 Å². The largest absolute Gasteiger partial charge is 0.244 e. The second-order valence-electron chi connectivity index (χ2n) is 5.54. The van der Waals surface area contributed by atoms with Gasteiger partial charge in [0.25, 0.3) is 0 Å². The molecule has 3 heteroatoms.